The van der Waals surface area contributed by atoms with Crippen LogP contribution in [0.15, 0.2) is 17.5 Å². The van der Waals surface area contributed by atoms with E-state index in [1.165, 1.54) is 4.88 Å². The summed E-state index contributed by atoms with van der Waals surface area (Å²) in [6, 6.07) is 4.46. The summed E-state index contributed by atoms with van der Waals surface area (Å²) in [5.41, 5.74) is 0. The first kappa shape index (κ1) is 14.5. The van der Waals surface area contributed by atoms with Gasteiger partial charge in [-0.1, -0.05) is 13.0 Å². The van der Waals surface area contributed by atoms with E-state index < -0.39 is 0 Å². The molecule has 20 heavy (non-hydrogen) atoms. The van der Waals surface area contributed by atoms with E-state index >= 15 is 0 Å². The van der Waals surface area contributed by atoms with Crippen LogP contribution in [0.2, 0.25) is 0 Å². The van der Waals surface area contributed by atoms with Crippen molar-refractivity contribution in [2.45, 2.75) is 19.9 Å². The van der Waals surface area contributed by atoms with E-state index in [0.29, 0.717) is 17.9 Å². The molecular weight excluding hydrogens is 274 g/mol. The molecule has 2 aromatic heterocycles. The summed E-state index contributed by atoms with van der Waals surface area (Å²) in [6.07, 6.45) is 1.01. The fourth-order valence-corrected chi connectivity index (χ4v) is 2.39. The number of hydrogen-bond donors (Lipinski definition) is 1. The molecule has 0 aliphatic rings. The summed E-state index contributed by atoms with van der Waals surface area (Å²) in [5.74, 6) is 1.15. The monoisotopic (exact) mass is 293 g/mol. The number of ether oxygens (including phenoxy) is 1. The van der Waals surface area contributed by atoms with Crippen LogP contribution >= 0.6 is 11.3 Å². The second kappa shape index (κ2) is 7.04. The average Bonchev–Trinajstić information content (AvgIpc) is 2.97. The number of nitrogens with zero attached hydrogens (tertiary/aromatic N) is 4. The first-order valence-corrected chi connectivity index (χ1v) is 7.38. The van der Waals surface area contributed by atoms with Gasteiger partial charge in [0, 0.05) is 18.5 Å². The molecule has 2 heterocycles. The first-order chi connectivity index (χ1) is 9.72. The third-order valence-corrected chi connectivity index (χ3v) is 3.49. The Balaban J connectivity index is 2.16. The van der Waals surface area contributed by atoms with Crippen molar-refractivity contribution in [2.24, 2.45) is 0 Å². The third kappa shape index (κ3) is 3.80. The van der Waals surface area contributed by atoms with E-state index in [4.69, 9.17) is 4.74 Å². The Labute approximate surface area is 122 Å². The average molecular weight is 293 g/mol. The van der Waals surface area contributed by atoms with Gasteiger partial charge in [0.2, 0.25) is 11.9 Å². The molecule has 0 amide bonds. The minimum Gasteiger partial charge on any atom is -0.467 e. The van der Waals surface area contributed by atoms with Crippen molar-refractivity contribution in [3.63, 3.8) is 0 Å². The number of aromatic nitrogens is 3. The maximum atomic E-state index is 5.13. The fourth-order valence-electron chi connectivity index (χ4n) is 1.63. The molecule has 2 aromatic rings. The van der Waals surface area contributed by atoms with Crippen LogP contribution in [-0.4, -0.2) is 35.7 Å². The molecule has 7 heteroatoms. The van der Waals surface area contributed by atoms with E-state index in [2.05, 4.69) is 38.6 Å². The number of hydrogen-bond acceptors (Lipinski definition) is 7. The van der Waals surface area contributed by atoms with Crippen molar-refractivity contribution in [3.8, 4) is 6.01 Å². The number of thiophene rings is 1. The molecule has 0 spiro atoms. The highest BCUT2D eigenvalue weighted by atomic mass is 32.1. The van der Waals surface area contributed by atoms with Gasteiger partial charge < -0.3 is 15.0 Å². The third-order valence-electron chi connectivity index (χ3n) is 2.63. The molecule has 0 fully saturated rings. The van der Waals surface area contributed by atoms with Gasteiger partial charge in [-0.2, -0.15) is 15.0 Å². The second-order valence-electron chi connectivity index (χ2n) is 4.31. The molecule has 2 rings (SSSR count). The Hall–Kier alpha value is -1.89. The molecule has 0 aliphatic carbocycles. The fraction of sp³-hybridized carbons (Fsp3) is 0.462. The largest absolute Gasteiger partial charge is 0.467 e. The zero-order chi connectivity index (χ0) is 14.4. The summed E-state index contributed by atoms with van der Waals surface area (Å²) >= 11 is 1.71. The van der Waals surface area contributed by atoms with Crippen LogP contribution in [0, 0.1) is 0 Å². The number of methoxy groups -OCH3 is 1. The van der Waals surface area contributed by atoms with Crippen LogP contribution in [0.1, 0.15) is 18.2 Å². The van der Waals surface area contributed by atoms with Gasteiger partial charge in [-0.3, -0.25) is 0 Å². The molecule has 0 radical (unpaired) electrons. The summed E-state index contributed by atoms with van der Waals surface area (Å²) in [6.45, 7) is 3.68. The van der Waals surface area contributed by atoms with E-state index in [0.717, 1.165) is 19.5 Å². The topological polar surface area (TPSA) is 63.2 Å². The van der Waals surface area contributed by atoms with Crippen molar-refractivity contribution < 1.29 is 4.74 Å². The van der Waals surface area contributed by atoms with Gasteiger partial charge in [0.25, 0.3) is 0 Å². The zero-order valence-electron chi connectivity index (χ0n) is 12.0. The van der Waals surface area contributed by atoms with Gasteiger partial charge in [-0.25, -0.2) is 0 Å². The molecule has 0 unspecified atom stereocenters. The standard InChI is InChI=1S/C13H19N5OS/c1-4-7-14-11-15-12(17-13(16-11)19-3)18(2)9-10-6-5-8-20-10/h5-6,8H,4,7,9H2,1-3H3,(H,14,15,16,17). The van der Waals surface area contributed by atoms with Gasteiger partial charge in [0.1, 0.15) is 0 Å². The lowest BCUT2D eigenvalue weighted by atomic mass is 10.4. The predicted molar refractivity (Wildman–Crippen MR) is 81.6 cm³/mol. The molecule has 0 saturated heterocycles. The van der Waals surface area contributed by atoms with E-state index in [9.17, 15) is 0 Å². The van der Waals surface area contributed by atoms with E-state index in [1.807, 2.05) is 18.0 Å². The maximum Gasteiger partial charge on any atom is 0.322 e. The highest BCUT2D eigenvalue weighted by Crippen LogP contribution is 2.17. The minimum absolute atomic E-state index is 0.326. The molecule has 0 saturated carbocycles. The Morgan fingerprint density at radius 1 is 1.35 bits per heavy atom. The molecule has 1 N–H and O–H groups in total. The Morgan fingerprint density at radius 3 is 2.85 bits per heavy atom. The summed E-state index contributed by atoms with van der Waals surface area (Å²) in [5, 5.41) is 5.22. The van der Waals surface area contributed by atoms with Gasteiger partial charge in [-0.05, 0) is 17.9 Å². The van der Waals surface area contributed by atoms with Gasteiger partial charge >= 0.3 is 6.01 Å². The first-order valence-electron chi connectivity index (χ1n) is 6.50. The van der Waals surface area contributed by atoms with E-state index in [-0.39, 0.29) is 0 Å². The molecule has 0 bridgehead atoms. The van der Waals surface area contributed by atoms with Crippen molar-refractivity contribution >= 4 is 23.2 Å². The van der Waals surface area contributed by atoms with E-state index in [1.54, 1.807) is 18.4 Å². The lowest BCUT2D eigenvalue weighted by Gasteiger charge is -2.17. The maximum absolute atomic E-state index is 5.13. The SMILES string of the molecule is CCCNc1nc(OC)nc(N(C)Cc2cccs2)n1. The van der Waals surface area contributed by atoms with Crippen molar-refractivity contribution in [2.75, 3.05) is 30.9 Å². The Morgan fingerprint density at radius 2 is 2.20 bits per heavy atom. The summed E-state index contributed by atoms with van der Waals surface area (Å²) in [7, 11) is 3.51. The molecule has 108 valence electrons. The van der Waals surface area contributed by atoms with Crippen molar-refractivity contribution in [1.82, 2.24) is 15.0 Å². The molecule has 6 nitrogen and oxygen atoms in total. The van der Waals surface area contributed by atoms with Crippen LogP contribution in [-0.2, 0) is 6.54 Å². The van der Waals surface area contributed by atoms with Crippen LogP contribution in [0.3, 0.4) is 0 Å². The number of anilines is 2. The van der Waals surface area contributed by atoms with Crippen LogP contribution in [0.5, 0.6) is 6.01 Å². The lowest BCUT2D eigenvalue weighted by molar-refractivity contribution is 0.379. The minimum atomic E-state index is 0.326. The molecule has 0 atom stereocenters. The Kier molecular flexibility index (Phi) is 5.11. The predicted octanol–water partition coefficient (Wildman–Crippen LogP) is 2.40. The molecular formula is C13H19N5OS. The lowest BCUT2D eigenvalue weighted by Crippen LogP contribution is -2.20. The summed E-state index contributed by atoms with van der Waals surface area (Å²) < 4.78 is 5.13. The highest BCUT2D eigenvalue weighted by Gasteiger charge is 2.11. The summed E-state index contributed by atoms with van der Waals surface area (Å²) in [4.78, 5) is 16.1. The van der Waals surface area contributed by atoms with Crippen molar-refractivity contribution in [3.05, 3.63) is 22.4 Å². The number of nitrogens with one attached hydrogen (secondary N) is 1. The van der Waals surface area contributed by atoms with Crippen LogP contribution in [0.4, 0.5) is 11.9 Å². The normalized spacial score (nSPS) is 10.3. The molecule has 0 aliphatic heterocycles. The van der Waals surface area contributed by atoms with Gasteiger partial charge in [0.15, 0.2) is 0 Å². The number of rotatable bonds is 7. The quantitative estimate of drug-likeness (QED) is 0.845. The second-order valence-corrected chi connectivity index (χ2v) is 5.34. The van der Waals surface area contributed by atoms with Crippen molar-refractivity contribution in [1.29, 1.82) is 0 Å². The van der Waals surface area contributed by atoms with Gasteiger partial charge in [-0.15, -0.1) is 11.3 Å². The van der Waals surface area contributed by atoms with Crippen LogP contribution in [0.25, 0.3) is 0 Å². The Bertz CT molecular complexity index is 532. The highest BCUT2D eigenvalue weighted by molar-refractivity contribution is 7.09. The molecule has 0 aromatic carbocycles. The zero-order valence-corrected chi connectivity index (χ0v) is 12.8. The van der Waals surface area contributed by atoms with Gasteiger partial charge in [0.05, 0.1) is 13.7 Å². The smallest absolute Gasteiger partial charge is 0.322 e. The van der Waals surface area contributed by atoms with Crippen LogP contribution < -0.4 is 15.0 Å².